The van der Waals surface area contributed by atoms with Crippen LogP contribution >= 0.6 is 23.2 Å². The number of likely N-dealkylation sites (tertiary alicyclic amines) is 1. The molecule has 14 nitrogen and oxygen atoms in total. The van der Waals surface area contributed by atoms with E-state index in [1.54, 1.807) is 35.2 Å². The lowest BCUT2D eigenvalue weighted by atomic mass is 9.82. The van der Waals surface area contributed by atoms with Crippen molar-refractivity contribution in [2.45, 2.75) is 69.2 Å². The minimum atomic E-state index is -1.20. The summed E-state index contributed by atoms with van der Waals surface area (Å²) >= 11 is 12.6. The number of rotatable bonds is 23. The largest absolute Gasteiger partial charge is 0.481 e. The summed E-state index contributed by atoms with van der Waals surface area (Å²) in [4.78, 5) is 62.9. The van der Waals surface area contributed by atoms with Gasteiger partial charge in [-0.05, 0) is 106 Å². The molecule has 68 heavy (non-hydrogen) atoms. The highest BCUT2D eigenvalue weighted by Crippen LogP contribution is 2.32. The van der Waals surface area contributed by atoms with E-state index in [4.69, 9.17) is 32.7 Å². The van der Waals surface area contributed by atoms with Gasteiger partial charge in [0.15, 0.2) is 0 Å². The third-order valence-electron chi connectivity index (χ3n) is 12.0. The second-order valence-electron chi connectivity index (χ2n) is 17.6. The van der Waals surface area contributed by atoms with Crippen molar-refractivity contribution in [3.63, 3.8) is 0 Å². The van der Waals surface area contributed by atoms with E-state index in [2.05, 4.69) is 25.8 Å². The minimum Gasteiger partial charge on any atom is -0.481 e. The summed E-state index contributed by atoms with van der Waals surface area (Å²) in [5.74, 6) is -1.52. The van der Waals surface area contributed by atoms with Crippen LogP contribution in [-0.4, -0.2) is 113 Å². The fourth-order valence-corrected chi connectivity index (χ4v) is 8.88. The van der Waals surface area contributed by atoms with Crippen LogP contribution in [0.3, 0.4) is 0 Å². The first-order valence-corrected chi connectivity index (χ1v) is 23.3. The summed E-state index contributed by atoms with van der Waals surface area (Å²) in [6.45, 7) is 0.220. The zero-order valence-electron chi connectivity index (χ0n) is 38.9. The normalized spacial score (nSPS) is 16.2. The predicted octanol–water partition coefficient (Wildman–Crippen LogP) is 7.25. The Labute approximate surface area is 407 Å². The molecule has 1 saturated heterocycles. The highest BCUT2D eigenvalue weighted by atomic mass is 35.5. The Kier molecular flexibility index (Phi) is 18.5. The van der Waals surface area contributed by atoms with Gasteiger partial charge in [-0.1, -0.05) is 71.7 Å². The van der Waals surface area contributed by atoms with Crippen LogP contribution in [0.4, 0.5) is 4.39 Å². The zero-order valence-corrected chi connectivity index (χ0v) is 40.4. The minimum absolute atomic E-state index is 0.0860. The summed E-state index contributed by atoms with van der Waals surface area (Å²) in [5.41, 5.74) is 3.22. The SMILES string of the molecule is COCC(NC(=O)C(CCF)NCc1ccc(Cl)cc1Oc1ccc(-c2cnc(CN(C)C)n2C)cc1)C(=O)NC1(Cc2ccc(Cl)cc2)CCCN(C(=O)C(CC(=O)O)Cc2ccccc2)C1. The molecule has 17 heteroatoms. The van der Waals surface area contributed by atoms with Gasteiger partial charge in [-0.15, -0.1) is 0 Å². The maximum Gasteiger partial charge on any atom is 0.304 e. The van der Waals surface area contributed by atoms with Crippen LogP contribution in [-0.2, 0) is 56.9 Å². The molecule has 4 unspecified atom stereocenters. The maximum absolute atomic E-state index is 14.4. The summed E-state index contributed by atoms with van der Waals surface area (Å²) in [5, 5.41) is 19.9. The number of alkyl halides is 1. The van der Waals surface area contributed by atoms with Crippen LogP contribution in [0.5, 0.6) is 11.5 Å². The molecule has 1 aliphatic heterocycles. The van der Waals surface area contributed by atoms with E-state index in [1.807, 2.05) is 98.6 Å². The molecule has 0 radical (unpaired) electrons. The van der Waals surface area contributed by atoms with E-state index < -0.39 is 48.0 Å². The van der Waals surface area contributed by atoms with Gasteiger partial charge in [0.2, 0.25) is 17.7 Å². The van der Waals surface area contributed by atoms with Gasteiger partial charge in [0, 0.05) is 55.0 Å². The van der Waals surface area contributed by atoms with Crippen molar-refractivity contribution < 1.29 is 38.1 Å². The van der Waals surface area contributed by atoms with Gasteiger partial charge in [0.05, 0.1) is 55.6 Å². The lowest BCUT2D eigenvalue weighted by molar-refractivity contribution is -0.146. The highest BCUT2D eigenvalue weighted by Gasteiger charge is 2.42. The molecule has 2 heterocycles. The monoisotopic (exact) mass is 971 g/mol. The summed E-state index contributed by atoms with van der Waals surface area (Å²) < 4.78 is 27.9. The molecular weight excluding hydrogens is 913 g/mol. The number of piperidine rings is 1. The number of imidazole rings is 1. The Morgan fingerprint density at radius 1 is 0.926 bits per heavy atom. The van der Waals surface area contributed by atoms with Gasteiger partial charge in [-0.3, -0.25) is 23.6 Å². The lowest BCUT2D eigenvalue weighted by Gasteiger charge is -2.45. The fourth-order valence-electron chi connectivity index (χ4n) is 8.59. The number of nitrogens with one attached hydrogen (secondary N) is 3. The third kappa shape index (κ3) is 14.3. The molecular formula is C51H60Cl2FN7O7. The Morgan fingerprint density at radius 3 is 2.32 bits per heavy atom. The average molecular weight is 973 g/mol. The first kappa shape index (κ1) is 51.5. The fraction of sp³-hybridized carbons (Fsp3) is 0.392. The molecule has 4 atom stereocenters. The van der Waals surface area contributed by atoms with Crippen molar-refractivity contribution in [3.05, 3.63) is 136 Å². The maximum atomic E-state index is 14.4. The van der Waals surface area contributed by atoms with Gasteiger partial charge in [0.1, 0.15) is 23.4 Å². The van der Waals surface area contributed by atoms with Crippen molar-refractivity contribution >= 4 is 46.9 Å². The number of aromatic nitrogens is 2. The van der Waals surface area contributed by atoms with E-state index >= 15 is 0 Å². The number of carbonyl (C=O) groups excluding carboxylic acids is 3. The van der Waals surface area contributed by atoms with Crippen LogP contribution in [0.1, 0.15) is 48.2 Å². The summed E-state index contributed by atoms with van der Waals surface area (Å²) in [6, 6.07) is 26.9. The Morgan fingerprint density at radius 2 is 1.65 bits per heavy atom. The van der Waals surface area contributed by atoms with E-state index in [0.717, 1.165) is 28.2 Å². The number of amides is 3. The van der Waals surface area contributed by atoms with E-state index in [-0.39, 0.29) is 44.9 Å². The van der Waals surface area contributed by atoms with Crippen LogP contribution < -0.4 is 20.7 Å². The van der Waals surface area contributed by atoms with Gasteiger partial charge in [-0.25, -0.2) is 4.98 Å². The van der Waals surface area contributed by atoms with Gasteiger partial charge < -0.3 is 44.9 Å². The topological polar surface area (TPSA) is 167 Å². The molecule has 0 spiro atoms. The second-order valence-corrected chi connectivity index (χ2v) is 18.5. The highest BCUT2D eigenvalue weighted by molar-refractivity contribution is 6.31. The Hall–Kier alpha value is -5.84. The number of methoxy groups -OCH3 is 1. The zero-order chi connectivity index (χ0) is 48.8. The predicted molar refractivity (Wildman–Crippen MR) is 260 cm³/mol. The average Bonchev–Trinajstić information content (AvgIpc) is 3.67. The molecule has 1 aromatic heterocycles. The number of ether oxygens (including phenoxy) is 2. The molecule has 0 saturated carbocycles. The first-order chi connectivity index (χ1) is 32.6. The van der Waals surface area contributed by atoms with Crippen molar-refractivity contribution in [1.82, 2.24) is 35.3 Å². The van der Waals surface area contributed by atoms with E-state index in [9.17, 15) is 28.7 Å². The van der Waals surface area contributed by atoms with Crippen molar-refractivity contribution in [1.29, 1.82) is 0 Å². The number of halogens is 3. The third-order valence-corrected chi connectivity index (χ3v) is 12.5. The van der Waals surface area contributed by atoms with Crippen molar-refractivity contribution in [2.24, 2.45) is 13.0 Å². The number of hydrogen-bond donors (Lipinski definition) is 4. The number of carbonyl (C=O) groups is 4. The molecule has 0 bridgehead atoms. The number of carboxylic acids is 1. The van der Waals surface area contributed by atoms with E-state index in [0.29, 0.717) is 59.5 Å². The van der Waals surface area contributed by atoms with Crippen LogP contribution in [0.25, 0.3) is 11.3 Å². The molecule has 5 aromatic rings. The smallest absolute Gasteiger partial charge is 0.304 e. The standard InChI is InChI=1S/C51H60Cl2FN7O7/c1-59(2)31-46-56-30-44(60(46)3)36-14-19-41(20-15-36)68-45-27-40(53)18-13-37(45)29-55-42(21-23-54)48(64)57-43(32-67-4)49(65)58-51(28-35-11-16-39(52)17-12-35)22-8-24-61(33-51)50(66)38(26-47(62)63)25-34-9-6-5-7-10-34/h5-7,9-20,27,30,38,42-43,55H,8,21-26,28-29,31-33H2,1-4H3,(H,57,64)(H,58,65)(H,62,63). The summed E-state index contributed by atoms with van der Waals surface area (Å²) in [6.07, 6.45) is 2.82. The van der Waals surface area contributed by atoms with Gasteiger partial charge in [0.25, 0.3) is 0 Å². The van der Waals surface area contributed by atoms with E-state index in [1.165, 1.54) is 7.11 Å². The van der Waals surface area contributed by atoms with Crippen LogP contribution in [0, 0.1) is 5.92 Å². The van der Waals surface area contributed by atoms with Crippen LogP contribution in [0.2, 0.25) is 10.0 Å². The van der Waals surface area contributed by atoms with Gasteiger partial charge in [-0.2, -0.15) is 0 Å². The second kappa shape index (κ2) is 24.4. The molecule has 1 fully saturated rings. The molecule has 6 rings (SSSR count). The number of nitrogens with zero attached hydrogens (tertiary/aromatic N) is 4. The molecule has 3 amide bonds. The molecule has 0 aliphatic carbocycles. The number of benzene rings is 4. The Balaban J connectivity index is 1.16. The van der Waals surface area contributed by atoms with Crippen LogP contribution in [0.15, 0.2) is 103 Å². The molecule has 1 aliphatic rings. The lowest BCUT2D eigenvalue weighted by Crippen LogP contribution is -2.65. The van der Waals surface area contributed by atoms with Gasteiger partial charge >= 0.3 is 5.97 Å². The summed E-state index contributed by atoms with van der Waals surface area (Å²) in [7, 11) is 7.36. The number of carboxylic acid groups (broad SMARTS) is 1. The van der Waals surface area contributed by atoms with Crippen molar-refractivity contribution in [2.75, 3.05) is 47.6 Å². The Bertz CT molecular complexity index is 2480. The molecule has 4 N–H and O–H groups in total. The molecule has 4 aromatic carbocycles. The first-order valence-electron chi connectivity index (χ1n) is 22.6. The molecule has 362 valence electrons. The van der Waals surface area contributed by atoms with Crippen molar-refractivity contribution in [3.8, 4) is 22.8 Å². The number of hydrogen-bond acceptors (Lipinski definition) is 9. The number of aliphatic carboxylic acids is 1. The quantitative estimate of drug-likeness (QED) is 0.0524.